The van der Waals surface area contributed by atoms with Crippen LogP contribution < -0.4 is 5.69 Å². The fourth-order valence-electron chi connectivity index (χ4n) is 2.71. The van der Waals surface area contributed by atoms with Crippen molar-refractivity contribution in [3.8, 4) is 0 Å². The second-order valence-corrected chi connectivity index (χ2v) is 5.30. The second kappa shape index (κ2) is 5.61. The van der Waals surface area contributed by atoms with E-state index in [1.165, 1.54) is 12.1 Å². The minimum atomic E-state index is -4.35. The first-order chi connectivity index (χ1) is 10.9. The molecule has 0 aliphatic carbocycles. The summed E-state index contributed by atoms with van der Waals surface area (Å²) in [7, 11) is 0. The third-order valence-electron chi connectivity index (χ3n) is 3.86. The monoisotopic (exact) mass is 320 g/mol. The average Bonchev–Trinajstić information content (AvgIpc) is 2.79. The van der Waals surface area contributed by atoms with Crippen molar-refractivity contribution in [1.29, 1.82) is 0 Å². The summed E-state index contributed by atoms with van der Waals surface area (Å²) < 4.78 is 41.1. The molecule has 23 heavy (non-hydrogen) atoms. The topological polar surface area (TPSA) is 26.9 Å². The standard InChI is InChI=1S/C17H15F3N2O/c1-2-21-14-5-3-4-6-15(14)22(16(21)23)11-12-7-9-13(10-8-12)17(18,19)20/h3-10H,2,11H2,1H3. The quantitative estimate of drug-likeness (QED) is 0.719. The van der Waals surface area contributed by atoms with Gasteiger partial charge in [-0.2, -0.15) is 13.2 Å². The number of imidazole rings is 1. The zero-order valence-electron chi connectivity index (χ0n) is 12.5. The van der Waals surface area contributed by atoms with E-state index in [-0.39, 0.29) is 12.2 Å². The Hall–Kier alpha value is -2.50. The molecule has 0 aliphatic heterocycles. The van der Waals surface area contributed by atoms with Crippen molar-refractivity contribution in [3.05, 3.63) is 70.1 Å². The summed E-state index contributed by atoms with van der Waals surface area (Å²) in [5.74, 6) is 0. The molecular formula is C17H15F3N2O. The second-order valence-electron chi connectivity index (χ2n) is 5.30. The summed E-state index contributed by atoms with van der Waals surface area (Å²) in [5, 5.41) is 0. The van der Waals surface area contributed by atoms with Gasteiger partial charge in [-0.05, 0) is 36.8 Å². The molecule has 0 amide bonds. The summed E-state index contributed by atoms with van der Waals surface area (Å²) >= 11 is 0. The number of benzene rings is 2. The Kier molecular flexibility index (Phi) is 3.75. The molecule has 0 saturated heterocycles. The summed E-state index contributed by atoms with van der Waals surface area (Å²) in [6.45, 7) is 2.67. The van der Waals surface area contributed by atoms with E-state index in [2.05, 4.69) is 0 Å². The van der Waals surface area contributed by atoms with Gasteiger partial charge >= 0.3 is 11.9 Å². The van der Waals surface area contributed by atoms with E-state index in [1.54, 1.807) is 9.13 Å². The van der Waals surface area contributed by atoms with Crippen LogP contribution in [-0.4, -0.2) is 9.13 Å². The fourth-order valence-corrected chi connectivity index (χ4v) is 2.71. The van der Waals surface area contributed by atoms with Crippen LogP contribution in [0.4, 0.5) is 13.2 Å². The summed E-state index contributed by atoms with van der Waals surface area (Å²) in [5.41, 5.74) is 1.41. The largest absolute Gasteiger partial charge is 0.416 e. The summed E-state index contributed by atoms with van der Waals surface area (Å²) in [6.07, 6.45) is -4.35. The molecule has 3 nitrogen and oxygen atoms in total. The van der Waals surface area contributed by atoms with E-state index in [4.69, 9.17) is 0 Å². The maximum atomic E-state index is 12.6. The van der Waals surface area contributed by atoms with Crippen LogP contribution in [0.1, 0.15) is 18.1 Å². The summed E-state index contributed by atoms with van der Waals surface area (Å²) in [4.78, 5) is 12.5. The average molecular weight is 320 g/mol. The molecule has 0 aliphatic rings. The molecule has 0 fully saturated rings. The molecule has 0 atom stereocenters. The first-order valence-corrected chi connectivity index (χ1v) is 7.26. The molecule has 0 bridgehead atoms. The Morgan fingerprint density at radius 1 is 0.913 bits per heavy atom. The molecule has 1 heterocycles. The highest BCUT2D eigenvalue weighted by molar-refractivity contribution is 5.76. The number of aryl methyl sites for hydroxylation is 1. The number of aromatic nitrogens is 2. The van der Waals surface area contributed by atoms with E-state index >= 15 is 0 Å². The van der Waals surface area contributed by atoms with Crippen LogP contribution >= 0.6 is 0 Å². The molecule has 0 radical (unpaired) electrons. The van der Waals surface area contributed by atoms with Gasteiger partial charge in [0.25, 0.3) is 0 Å². The van der Waals surface area contributed by atoms with Crippen LogP contribution in [0.15, 0.2) is 53.3 Å². The van der Waals surface area contributed by atoms with E-state index in [0.717, 1.165) is 23.2 Å². The normalized spacial score (nSPS) is 12.0. The van der Waals surface area contributed by atoms with Crippen LogP contribution in [0, 0.1) is 0 Å². The maximum absolute atomic E-state index is 12.6. The summed E-state index contributed by atoms with van der Waals surface area (Å²) in [6, 6.07) is 12.3. The SMILES string of the molecule is CCn1c(=O)n(Cc2ccc(C(F)(F)F)cc2)c2ccccc21. The molecule has 0 spiro atoms. The highest BCUT2D eigenvalue weighted by Crippen LogP contribution is 2.29. The van der Waals surface area contributed by atoms with Crippen molar-refractivity contribution in [3.63, 3.8) is 0 Å². The lowest BCUT2D eigenvalue weighted by molar-refractivity contribution is -0.137. The molecule has 1 aromatic heterocycles. The lowest BCUT2D eigenvalue weighted by Crippen LogP contribution is -2.24. The Morgan fingerprint density at radius 3 is 2.00 bits per heavy atom. The number of hydrogen-bond acceptors (Lipinski definition) is 1. The van der Waals surface area contributed by atoms with Crippen LogP contribution in [0.2, 0.25) is 0 Å². The van der Waals surface area contributed by atoms with Gasteiger partial charge in [0.1, 0.15) is 0 Å². The molecule has 0 unspecified atom stereocenters. The number of nitrogens with zero attached hydrogens (tertiary/aromatic N) is 2. The molecule has 0 N–H and O–H groups in total. The number of hydrogen-bond donors (Lipinski definition) is 0. The third kappa shape index (κ3) is 2.76. The highest BCUT2D eigenvalue weighted by atomic mass is 19.4. The predicted molar refractivity (Wildman–Crippen MR) is 82.4 cm³/mol. The van der Waals surface area contributed by atoms with E-state index < -0.39 is 11.7 Å². The highest BCUT2D eigenvalue weighted by Gasteiger charge is 2.29. The minimum Gasteiger partial charge on any atom is -0.292 e. The van der Waals surface area contributed by atoms with Gasteiger partial charge in [-0.25, -0.2) is 4.79 Å². The van der Waals surface area contributed by atoms with Gasteiger partial charge < -0.3 is 0 Å². The lowest BCUT2D eigenvalue weighted by atomic mass is 10.1. The van der Waals surface area contributed by atoms with E-state index in [9.17, 15) is 18.0 Å². The maximum Gasteiger partial charge on any atom is 0.416 e. The molecule has 3 aromatic rings. The number of para-hydroxylation sites is 2. The Morgan fingerprint density at radius 2 is 1.48 bits per heavy atom. The van der Waals surface area contributed by atoms with Gasteiger partial charge in [0.15, 0.2) is 0 Å². The minimum absolute atomic E-state index is 0.159. The number of halogens is 3. The van der Waals surface area contributed by atoms with E-state index in [0.29, 0.717) is 12.1 Å². The lowest BCUT2D eigenvalue weighted by Gasteiger charge is -2.08. The Balaban J connectivity index is 2.02. The van der Waals surface area contributed by atoms with Crippen LogP contribution in [0.25, 0.3) is 11.0 Å². The fraction of sp³-hybridized carbons (Fsp3) is 0.235. The van der Waals surface area contributed by atoms with Crippen LogP contribution in [0.3, 0.4) is 0 Å². The molecule has 3 rings (SSSR count). The smallest absolute Gasteiger partial charge is 0.292 e. The van der Waals surface area contributed by atoms with Gasteiger partial charge in [-0.3, -0.25) is 9.13 Å². The van der Waals surface area contributed by atoms with Gasteiger partial charge in [0.05, 0.1) is 23.1 Å². The zero-order valence-corrected chi connectivity index (χ0v) is 12.5. The van der Waals surface area contributed by atoms with Crippen molar-refractivity contribution in [2.24, 2.45) is 0 Å². The van der Waals surface area contributed by atoms with Gasteiger partial charge in [0.2, 0.25) is 0 Å². The molecule has 6 heteroatoms. The van der Waals surface area contributed by atoms with Crippen LogP contribution in [0.5, 0.6) is 0 Å². The Bertz CT molecular complexity index is 889. The number of rotatable bonds is 3. The molecular weight excluding hydrogens is 305 g/mol. The van der Waals surface area contributed by atoms with Gasteiger partial charge in [-0.1, -0.05) is 24.3 Å². The molecule has 0 saturated carbocycles. The molecule has 2 aromatic carbocycles. The van der Waals surface area contributed by atoms with Gasteiger partial charge in [0, 0.05) is 6.54 Å². The first-order valence-electron chi connectivity index (χ1n) is 7.26. The van der Waals surface area contributed by atoms with Crippen molar-refractivity contribution in [1.82, 2.24) is 9.13 Å². The van der Waals surface area contributed by atoms with E-state index in [1.807, 2.05) is 31.2 Å². The van der Waals surface area contributed by atoms with Crippen molar-refractivity contribution >= 4 is 11.0 Å². The van der Waals surface area contributed by atoms with Crippen LogP contribution in [-0.2, 0) is 19.3 Å². The number of fused-ring (bicyclic) bond motifs is 1. The molecule has 120 valence electrons. The van der Waals surface area contributed by atoms with Crippen molar-refractivity contribution < 1.29 is 13.2 Å². The van der Waals surface area contributed by atoms with Crippen molar-refractivity contribution in [2.75, 3.05) is 0 Å². The Labute approximate surface area is 130 Å². The number of alkyl halides is 3. The predicted octanol–water partition coefficient (Wildman–Crippen LogP) is 3.89. The zero-order chi connectivity index (χ0) is 16.6. The van der Waals surface area contributed by atoms with Crippen molar-refractivity contribution in [2.45, 2.75) is 26.2 Å². The third-order valence-corrected chi connectivity index (χ3v) is 3.86. The van der Waals surface area contributed by atoms with Gasteiger partial charge in [-0.15, -0.1) is 0 Å². The first kappa shape index (κ1) is 15.4.